The molecule has 3 saturated heterocycles. The highest BCUT2D eigenvalue weighted by atomic mass is 32.2. The van der Waals surface area contributed by atoms with Crippen LogP contribution in [-0.4, -0.2) is 62.8 Å². The van der Waals surface area contributed by atoms with Crippen LogP contribution in [0, 0.1) is 11.8 Å². The van der Waals surface area contributed by atoms with Gasteiger partial charge >= 0.3 is 0 Å². The summed E-state index contributed by atoms with van der Waals surface area (Å²) >= 11 is 0. The van der Waals surface area contributed by atoms with Crippen molar-refractivity contribution in [2.45, 2.75) is 63.7 Å². The van der Waals surface area contributed by atoms with E-state index in [-0.39, 0.29) is 5.91 Å². The average Bonchev–Trinajstić information content (AvgIpc) is 2.79. The standard InChI is InChI=1S/C24H37N3O3S/c1-19-8-14-25(15-9-19)22-7-6-21(24(28)26-12-4-3-5-13-26)18-23(22)31(29,30)27-16-10-20(2)11-17-27/h6-7,18-20H,3-5,8-17H2,1-2H3. The fraction of sp³-hybridized carbons (Fsp3) is 0.708. The molecule has 0 bridgehead atoms. The Morgan fingerprint density at radius 1 is 0.839 bits per heavy atom. The lowest BCUT2D eigenvalue weighted by atomic mass is 9.98. The molecule has 6 nitrogen and oxygen atoms in total. The first kappa shape index (κ1) is 22.6. The largest absolute Gasteiger partial charge is 0.370 e. The minimum absolute atomic E-state index is 0.0396. The Kier molecular flexibility index (Phi) is 6.92. The van der Waals surface area contributed by atoms with Gasteiger partial charge in [0.25, 0.3) is 5.91 Å². The van der Waals surface area contributed by atoms with Gasteiger partial charge in [0.05, 0.1) is 5.69 Å². The molecule has 0 unspecified atom stereocenters. The molecule has 7 heteroatoms. The monoisotopic (exact) mass is 447 g/mol. The molecular weight excluding hydrogens is 410 g/mol. The maximum Gasteiger partial charge on any atom is 0.253 e. The number of carbonyl (C=O) groups excluding carboxylic acids is 1. The lowest BCUT2D eigenvalue weighted by Gasteiger charge is -2.35. The molecule has 172 valence electrons. The van der Waals surface area contributed by atoms with E-state index in [1.807, 2.05) is 17.0 Å². The van der Waals surface area contributed by atoms with E-state index < -0.39 is 10.0 Å². The van der Waals surface area contributed by atoms with Crippen molar-refractivity contribution in [2.75, 3.05) is 44.2 Å². The minimum Gasteiger partial charge on any atom is -0.370 e. The number of benzene rings is 1. The molecule has 3 heterocycles. The highest BCUT2D eigenvalue weighted by Crippen LogP contribution is 2.34. The van der Waals surface area contributed by atoms with Crippen molar-refractivity contribution in [2.24, 2.45) is 11.8 Å². The summed E-state index contributed by atoms with van der Waals surface area (Å²) in [6.45, 7) is 8.80. The molecular formula is C24H37N3O3S. The zero-order valence-electron chi connectivity index (χ0n) is 19.1. The molecule has 1 amide bonds. The van der Waals surface area contributed by atoms with Gasteiger partial charge < -0.3 is 9.80 Å². The molecule has 1 aromatic rings. The van der Waals surface area contributed by atoms with Crippen molar-refractivity contribution in [1.29, 1.82) is 0 Å². The van der Waals surface area contributed by atoms with Crippen LogP contribution in [0.25, 0.3) is 0 Å². The smallest absolute Gasteiger partial charge is 0.253 e. The molecule has 0 aromatic heterocycles. The summed E-state index contributed by atoms with van der Waals surface area (Å²) in [5.74, 6) is 1.18. The highest BCUT2D eigenvalue weighted by molar-refractivity contribution is 7.89. The number of carbonyl (C=O) groups is 1. The molecule has 3 aliphatic heterocycles. The van der Waals surface area contributed by atoms with Crippen molar-refractivity contribution < 1.29 is 13.2 Å². The summed E-state index contributed by atoms with van der Waals surface area (Å²) in [4.78, 5) is 17.5. The Morgan fingerprint density at radius 2 is 1.42 bits per heavy atom. The van der Waals surface area contributed by atoms with Crippen molar-refractivity contribution in [3.05, 3.63) is 23.8 Å². The summed E-state index contributed by atoms with van der Waals surface area (Å²) in [7, 11) is -3.64. The lowest BCUT2D eigenvalue weighted by Crippen LogP contribution is -2.40. The van der Waals surface area contributed by atoms with E-state index in [1.54, 1.807) is 10.4 Å². The first-order chi connectivity index (χ1) is 14.9. The van der Waals surface area contributed by atoms with Gasteiger partial charge in [-0.1, -0.05) is 13.8 Å². The van der Waals surface area contributed by atoms with E-state index in [9.17, 15) is 13.2 Å². The second-order valence-corrected chi connectivity index (χ2v) is 11.7. The third-order valence-electron chi connectivity index (χ3n) is 7.33. The van der Waals surface area contributed by atoms with Crippen LogP contribution in [0.1, 0.15) is 69.2 Å². The second-order valence-electron chi connectivity index (χ2n) is 9.79. The number of hydrogen-bond acceptors (Lipinski definition) is 4. The molecule has 3 aliphatic rings. The molecule has 0 spiro atoms. The second kappa shape index (κ2) is 9.49. The number of nitrogens with zero attached hydrogens (tertiary/aromatic N) is 3. The fourth-order valence-electron chi connectivity index (χ4n) is 5.01. The molecule has 0 N–H and O–H groups in total. The van der Waals surface area contributed by atoms with E-state index in [0.29, 0.717) is 35.4 Å². The summed E-state index contributed by atoms with van der Waals surface area (Å²) < 4.78 is 29.1. The Morgan fingerprint density at radius 3 is 2.03 bits per heavy atom. The van der Waals surface area contributed by atoms with E-state index in [1.165, 1.54) is 0 Å². The van der Waals surface area contributed by atoms with Crippen LogP contribution in [0.5, 0.6) is 0 Å². The van der Waals surface area contributed by atoms with Gasteiger partial charge in [0, 0.05) is 44.8 Å². The minimum atomic E-state index is -3.64. The molecule has 4 rings (SSSR count). The van der Waals surface area contributed by atoms with E-state index in [4.69, 9.17) is 0 Å². The average molecular weight is 448 g/mol. The predicted molar refractivity (Wildman–Crippen MR) is 124 cm³/mol. The number of hydrogen-bond donors (Lipinski definition) is 0. The van der Waals surface area contributed by atoms with E-state index in [2.05, 4.69) is 18.7 Å². The van der Waals surface area contributed by atoms with Gasteiger partial charge in [0.15, 0.2) is 0 Å². The van der Waals surface area contributed by atoms with Crippen LogP contribution in [0.2, 0.25) is 0 Å². The van der Waals surface area contributed by atoms with Crippen LogP contribution >= 0.6 is 0 Å². The SMILES string of the molecule is CC1CCN(c2ccc(C(=O)N3CCCCC3)cc2S(=O)(=O)N2CCC(C)CC2)CC1. The Hall–Kier alpha value is -1.60. The highest BCUT2D eigenvalue weighted by Gasteiger charge is 2.33. The summed E-state index contributed by atoms with van der Waals surface area (Å²) in [6, 6.07) is 5.38. The zero-order valence-corrected chi connectivity index (χ0v) is 19.9. The van der Waals surface area contributed by atoms with Gasteiger partial charge in [-0.2, -0.15) is 4.31 Å². The van der Waals surface area contributed by atoms with E-state index in [0.717, 1.165) is 76.8 Å². The number of sulfonamides is 1. The van der Waals surface area contributed by atoms with Crippen LogP contribution in [-0.2, 0) is 10.0 Å². The number of rotatable bonds is 4. The van der Waals surface area contributed by atoms with Gasteiger partial charge in [-0.25, -0.2) is 8.42 Å². The first-order valence-corrected chi connectivity index (χ1v) is 13.5. The molecule has 1 aromatic carbocycles. The van der Waals surface area contributed by atoms with Gasteiger partial charge in [-0.15, -0.1) is 0 Å². The summed E-state index contributed by atoms with van der Waals surface area (Å²) in [5, 5.41) is 0. The number of piperidine rings is 3. The van der Waals surface area contributed by atoms with E-state index >= 15 is 0 Å². The van der Waals surface area contributed by atoms with Crippen molar-refractivity contribution in [1.82, 2.24) is 9.21 Å². The zero-order chi connectivity index (χ0) is 22.0. The molecule has 0 atom stereocenters. The fourth-order valence-corrected chi connectivity index (χ4v) is 6.72. The molecule has 0 saturated carbocycles. The quantitative estimate of drug-likeness (QED) is 0.701. The van der Waals surface area contributed by atoms with Crippen molar-refractivity contribution in [3.8, 4) is 0 Å². The van der Waals surface area contributed by atoms with Crippen LogP contribution < -0.4 is 4.90 Å². The topological polar surface area (TPSA) is 60.9 Å². The van der Waals surface area contributed by atoms with Gasteiger partial charge in [-0.3, -0.25) is 4.79 Å². The molecule has 0 aliphatic carbocycles. The Balaban J connectivity index is 1.69. The predicted octanol–water partition coefficient (Wildman–Crippen LogP) is 3.97. The molecule has 3 fully saturated rings. The van der Waals surface area contributed by atoms with Gasteiger partial charge in [-0.05, 0) is 75.0 Å². The number of anilines is 1. The number of amides is 1. The first-order valence-electron chi connectivity index (χ1n) is 12.0. The van der Waals surface area contributed by atoms with Crippen LogP contribution in [0.3, 0.4) is 0 Å². The third kappa shape index (κ3) is 4.92. The molecule has 0 radical (unpaired) electrons. The molecule has 31 heavy (non-hydrogen) atoms. The van der Waals surface area contributed by atoms with Crippen molar-refractivity contribution >= 4 is 21.6 Å². The maximum absolute atomic E-state index is 13.7. The summed E-state index contributed by atoms with van der Waals surface area (Å²) in [6.07, 6.45) is 7.11. The Bertz CT molecular complexity index is 879. The lowest BCUT2D eigenvalue weighted by molar-refractivity contribution is 0.0724. The van der Waals surface area contributed by atoms with Gasteiger partial charge in [0.2, 0.25) is 10.0 Å². The number of likely N-dealkylation sites (tertiary alicyclic amines) is 1. The summed E-state index contributed by atoms with van der Waals surface area (Å²) in [5.41, 5.74) is 1.26. The maximum atomic E-state index is 13.7. The third-order valence-corrected chi connectivity index (χ3v) is 9.26. The van der Waals surface area contributed by atoms with Crippen LogP contribution in [0.4, 0.5) is 5.69 Å². The van der Waals surface area contributed by atoms with Crippen LogP contribution in [0.15, 0.2) is 23.1 Å². The Labute approximate surface area is 187 Å². The van der Waals surface area contributed by atoms with Crippen molar-refractivity contribution in [3.63, 3.8) is 0 Å². The normalized spacial score (nSPS) is 22.6. The van der Waals surface area contributed by atoms with Gasteiger partial charge in [0.1, 0.15) is 4.90 Å².